The van der Waals surface area contributed by atoms with Crippen LogP contribution in [0.3, 0.4) is 0 Å². The van der Waals surface area contributed by atoms with Crippen molar-refractivity contribution in [3.8, 4) is 11.4 Å². The average Bonchev–Trinajstić information content (AvgIpc) is 2.89. The molecule has 0 aliphatic rings. The molecule has 0 fully saturated rings. The van der Waals surface area contributed by atoms with Gasteiger partial charge in [-0.15, -0.1) is 0 Å². The van der Waals surface area contributed by atoms with E-state index in [-0.39, 0.29) is 5.56 Å². The lowest BCUT2D eigenvalue weighted by molar-refractivity contribution is 0.340. The molecule has 1 heterocycles. The van der Waals surface area contributed by atoms with Crippen LogP contribution in [-0.2, 0) is 0 Å². The number of rotatable bonds is 5. The van der Waals surface area contributed by atoms with E-state index < -0.39 is 0 Å². The number of hydrogen-bond acceptors (Lipinski definition) is 3. The van der Waals surface area contributed by atoms with Crippen LogP contribution in [0.5, 0.6) is 5.75 Å². The van der Waals surface area contributed by atoms with Crippen LogP contribution in [0.25, 0.3) is 5.69 Å². The summed E-state index contributed by atoms with van der Waals surface area (Å²) >= 11 is 6.00. The highest BCUT2D eigenvalue weighted by Crippen LogP contribution is 2.18. The lowest BCUT2D eigenvalue weighted by Gasteiger charge is -2.01. The molecule has 0 aliphatic heterocycles. The van der Waals surface area contributed by atoms with Gasteiger partial charge in [-0.2, -0.15) is 0 Å². The third-order valence-corrected chi connectivity index (χ3v) is 3.91. The number of aryl methyl sites for hydroxylation is 1. The van der Waals surface area contributed by atoms with Crippen LogP contribution >= 0.6 is 11.6 Å². The van der Waals surface area contributed by atoms with Gasteiger partial charge in [0, 0.05) is 16.9 Å². The van der Waals surface area contributed by atoms with Gasteiger partial charge in [0.15, 0.2) is 0 Å². The maximum absolute atomic E-state index is 12.6. The van der Waals surface area contributed by atoms with E-state index in [2.05, 4.69) is 10.1 Å². The first-order chi connectivity index (χ1) is 12.1. The predicted octanol–water partition coefficient (Wildman–Crippen LogP) is 4.28. The van der Waals surface area contributed by atoms with Gasteiger partial charge in [0.1, 0.15) is 5.75 Å². The van der Waals surface area contributed by atoms with Crippen LogP contribution in [0.15, 0.2) is 58.3 Å². The van der Waals surface area contributed by atoms with Crippen molar-refractivity contribution in [1.29, 1.82) is 0 Å². The van der Waals surface area contributed by atoms with Crippen LogP contribution in [0.2, 0.25) is 5.02 Å². The van der Waals surface area contributed by atoms with Gasteiger partial charge in [0.25, 0.3) is 5.56 Å². The molecule has 128 valence electrons. The third kappa shape index (κ3) is 3.83. The Bertz CT molecular complexity index is 956. The number of aliphatic imine (C=N–C) groups is 1. The van der Waals surface area contributed by atoms with Crippen LogP contribution in [-0.4, -0.2) is 22.6 Å². The van der Waals surface area contributed by atoms with Crippen molar-refractivity contribution in [2.45, 2.75) is 13.8 Å². The number of benzene rings is 2. The fraction of sp³-hybridized carbons (Fsp3) is 0.158. The maximum Gasteiger partial charge on any atom is 0.280 e. The maximum atomic E-state index is 12.6. The van der Waals surface area contributed by atoms with Crippen molar-refractivity contribution in [2.75, 3.05) is 6.61 Å². The number of aromatic amines is 1. The van der Waals surface area contributed by atoms with E-state index in [0.29, 0.717) is 22.9 Å². The van der Waals surface area contributed by atoms with Crippen molar-refractivity contribution in [1.82, 2.24) is 9.78 Å². The summed E-state index contributed by atoms with van der Waals surface area (Å²) in [7, 11) is 0. The highest BCUT2D eigenvalue weighted by molar-refractivity contribution is 6.30. The summed E-state index contributed by atoms with van der Waals surface area (Å²) in [5.74, 6) is 0.794. The van der Waals surface area contributed by atoms with E-state index in [0.717, 1.165) is 17.1 Å². The first-order valence-corrected chi connectivity index (χ1v) is 8.31. The fourth-order valence-corrected chi connectivity index (χ4v) is 2.63. The Labute approximate surface area is 150 Å². The predicted molar refractivity (Wildman–Crippen MR) is 101 cm³/mol. The minimum atomic E-state index is -0.172. The zero-order valence-corrected chi connectivity index (χ0v) is 14.7. The topological polar surface area (TPSA) is 59.4 Å². The van der Waals surface area contributed by atoms with E-state index in [1.165, 1.54) is 4.68 Å². The van der Waals surface area contributed by atoms with E-state index in [1.807, 2.05) is 44.2 Å². The van der Waals surface area contributed by atoms with Crippen LogP contribution < -0.4 is 10.3 Å². The molecule has 3 rings (SSSR count). The van der Waals surface area contributed by atoms with Crippen molar-refractivity contribution < 1.29 is 4.74 Å². The first-order valence-electron chi connectivity index (χ1n) is 7.93. The number of nitrogens with zero attached hydrogens (tertiary/aromatic N) is 2. The van der Waals surface area contributed by atoms with Crippen molar-refractivity contribution in [2.24, 2.45) is 4.99 Å². The Morgan fingerprint density at radius 1 is 1.24 bits per heavy atom. The van der Waals surface area contributed by atoms with Gasteiger partial charge in [-0.1, -0.05) is 17.7 Å². The molecule has 5 nitrogen and oxygen atoms in total. The highest BCUT2D eigenvalue weighted by atomic mass is 35.5. The summed E-state index contributed by atoms with van der Waals surface area (Å²) in [4.78, 5) is 17.0. The minimum Gasteiger partial charge on any atom is -0.494 e. The molecule has 25 heavy (non-hydrogen) atoms. The van der Waals surface area contributed by atoms with Crippen molar-refractivity contribution >= 4 is 23.5 Å². The Hall–Kier alpha value is -2.79. The molecule has 0 aliphatic carbocycles. The second-order valence-electron chi connectivity index (χ2n) is 5.46. The molecule has 0 saturated heterocycles. The second-order valence-corrected chi connectivity index (χ2v) is 5.89. The Morgan fingerprint density at radius 2 is 2.00 bits per heavy atom. The lowest BCUT2D eigenvalue weighted by Crippen LogP contribution is -2.17. The second kappa shape index (κ2) is 7.40. The van der Waals surface area contributed by atoms with Crippen LogP contribution in [0.1, 0.15) is 18.2 Å². The molecular weight excluding hydrogens is 338 g/mol. The molecule has 6 heteroatoms. The quantitative estimate of drug-likeness (QED) is 0.694. The van der Waals surface area contributed by atoms with Gasteiger partial charge < -0.3 is 4.74 Å². The number of hydrogen-bond donors (Lipinski definition) is 1. The zero-order valence-electron chi connectivity index (χ0n) is 14.0. The normalized spacial score (nSPS) is 11.2. The monoisotopic (exact) mass is 355 g/mol. The largest absolute Gasteiger partial charge is 0.494 e. The van der Waals surface area contributed by atoms with E-state index in [1.54, 1.807) is 24.4 Å². The summed E-state index contributed by atoms with van der Waals surface area (Å²) in [6.45, 7) is 4.39. The molecule has 0 atom stereocenters. The number of aromatic nitrogens is 2. The Balaban J connectivity index is 1.89. The van der Waals surface area contributed by atoms with Gasteiger partial charge in [0.05, 0.1) is 23.5 Å². The van der Waals surface area contributed by atoms with Crippen LogP contribution in [0, 0.1) is 6.92 Å². The average molecular weight is 356 g/mol. The summed E-state index contributed by atoms with van der Waals surface area (Å²) < 4.78 is 6.86. The van der Waals surface area contributed by atoms with Gasteiger partial charge in [-0.25, -0.2) is 4.68 Å². The fourth-order valence-electron chi connectivity index (χ4n) is 2.44. The SMILES string of the molecule is CCOc1ccc(N=Cc2c(C)[nH]n(-c3cccc(Cl)c3)c2=O)cc1. The zero-order chi connectivity index (χ0) is 17.8. The van der Waals surface area contributed by atoms with Crippen molar-refractivity contribution in [3.63, 3.8) is 0 Å². The summed E-state index contributed by atoms with van der Waals surface area (Å²) in [5.41, 5.74) is 2.50. The number of ether oxygens (including phenoxy) is 1. The molecule has 0 saturated carbocycles. The molecule has 0 radical (unpaired) electrons. The molecule has 0 unspecified atom stereocenters. The number of nitrogens with one attached hydrogen (secondary N) is 1. The Morgan fingerprint density at radius 3 is 2.68 bits per heavy atom. The molecular formula is C19H18ClN3O2. The van der Waals surface area contributed by atoms with E-state index in [9.17, 15) is 4.79 Å². The minimum absolute atomic E-state index is 0.172. The third-order valence-electron chi connectivity index (χ3n) is 3.67. The molecule has 0 amide bonds. The van der Waals surface area contributed by atoms with Gasteiger partial charge in [-0.3, -0.25) is 14.9 Å². The van der Waals surface area contributed by atoms with E-state index in [4.69, 9.17) is 16.3 Å². The lowest BCUT2D eigenvalue weighted by atomic mass is 10.2. The van der Waals surface area contributed by atoms with Gasteiger partial charge in [-0.05, 0) is 56.3 Å². The number of halogens is 1. The van der Waals surface area contributed by atoms with E-state index >= 15 is 0 Å². The van der Waals surface area contributed by atoms with Gasteiger partial charge >= 0.3 is 0 Å². The summed E-state index contributed by atoms with van der Waals surface area (Å²) in [6, 6.07) is 14.5. The molecule has 2 aromatic carbocycles. The van der Waals surface area contributed by atoms with Crippen LogP contribution in [0.4, 0.5) is 5.69 Å². The summed E-state index contributed by atoms with van der Waals surface area (Å²) in [6.07, 6.45) is 1.57. The smallest absolute Gasteiger partial charge is 0.280 e. The molecule has 3 aromatic rings. The summed E-state index contributed by atoms with van der Waals surface area (Å²) in [5, 5.41) is 3.62. The highest BCUT2D eigenvalue weighted by Gasteiger charge is 2.10. The molecule has 1 N–H and O–H groups in total. The molecule has 1 aromatic heterocycles. The van der Waals surface area contributed by atoms with Crippen molar-refractivity contribution in [3.05, 3.63) is 75.2 Å². The number of H-pyrrole nitrogens is 1. The standard InChI is InChI=1S/C19H18ClN3O2/c1-3-25-17-9-7-15(8-10-17)21-12-18-13(2)22-23(19(18)24)16-6-4-5-14(20)11-16/h4-12,22H,3H2,1-2H3. The molecule has 0 bridgehead atoms. The van der Waals surface area contributed by atoms with Gasteiger partial charge in [0.2, 0.25) is 0 Å². The molecule has 0 spiro atoms. The first kappa shape index (κ1) is 17.0. The Kier molecular flexibility index (Phi) is 5.05.